The molecule has 6 heteroatoms. The van der Waals surface area contributed by atoms with Gasteiger partial charge in [0.05, 0.1) is 5.39 Å². The normalized spacial score (nSPS) is 11.2. The first-order valence-electron chi connectivity index (χ1n) is 8.68. The van der Waals surface area contributed by atoms with Crippen molar-refractivity contribution < 1.29 is 9.15 Å². The summed E-state index contributed by atoms with van der Waals surface area (Å²) >= 11 is 1.55. The lowest BCUT2D eigenvalue weighted by atomic mass is 10.0. The summed E-state index contributed by atoms with van der Waals surface area (Å²) in [6.07, 6.45) is 1.49. The molecular weight excluding hydrogens is 372 g/mol. The molecule has 5 aromatic rings. The number of hydrogen-bond acceptors (Lipinski definition) is 6. The molecule has 0 spiro atoms. The van der Waals surface area contributed by atoms with Gasteiger partial charge in [-0.3, -0.25) is 0 Å². The molecule has 0 N–H and O–H groups in total. The van der Waals surface area contributed by atoms with Gasteiger partial charge in [-0.15, -0.1) is 11.3 Å². The van der Waals surface area contributed by atoms with E-state index >= 15 is 0 Å². The van der Waals surface area contributed by atoms with Crippen LogP contribution in [-0.2, 0) is 0 Å². The van der Waals surface area contributed by atoms with Gasteiger partial charge in [-0.2, -0.15) is 0 Å². The zero-order chi connectivity index (χ0) is 19.1. The van der Waals surface area contributed by atoms with E-state index in [2.05, 4.69) is 46.5 Å². The third-order valence-corrected chi connectivity index (χ3v) is 5.39. The van der Waals surface area contributed by atoms with E-state index in [4.69, 9.17) is 9.15 Å². The van der Waals surface area contributed by atoms with Crippen LogP contribution in [0.4, 0.5) is 0 Å². The van der Waals surface area contributed by atoms with Gasteiger partial charge in [-0.25, -0.2) is 14.8 Å². The van der Waals surface area contributed by atoms with E-state index in [1.807, 2.05) is 12.1 Å². The minimum absolute atomic E-state index is 0.395. The number of aromatic nitrogens is 2. The van der Waals surface area contributed by atoms with Gasteiger partial charge in [-0.05, 0) is 30.7 Å². The number of hydrogen-bond donors (Lipinski definition) is 0. The van der Waals surface area contributed by atoms with Crippen LogP contribution in [0.15, 0.2) is 75.5 Å². The topological polar surface area (TPSA) is 65.2 Å². The van der Waals surface area contributed by atoms with Crippen molar-refractivity contribution in [2.24, 2.45) is 0 Å². The smallest absolute Gasteiger partial charge is 0.336 e. The summed E-state index contributed by atoms with van der Waals surface area (Å²) in [6.45, 7) is 2.06. The Kier molecular flexibility index (Phi) is 3.91. The van der Waals surface area contributed by atoms with E-state index in [0.717, 1.165) is 26.7 Å². The number of rotatable bonds is 3. The SMILES string of the molecule is Cc1ccc(-c2csc3ncnc(Oc4ccc5ccc(=O)oc5c4)c23)cc1. The molecule has 0 saturated carbocycles. The Hall–Kier alpha value is -3.51. The van der Waals surface area contributed by atoms with Gasteiger partial charge in [0.1, 0.15) is 22.5 Å². The van der Waals surface area contributed by atoms with E-state index in [-0.39, 0.29) is 0 Å². The Balaban J connectivity index is 1.62. The van der Waals surface area contributed by atoms with Gasteiger partial charge in [-0.1, -0.05) is 29.8 Å². The summed E-state index contributed by atoms with van der Waals surface area (Å²) in [4.78, 5) is 21.1. The summed E-state index contributed by atoms with van der Waals surface area (Å²) in [7, 11) is 0. The molecule has 0 aliphatic heterocycles. The maximum atomic E-state index is 11.5. The molecule has 136 valence electrons. The van der Waals surface area contributed by atoms with Crippen LogP contribution in [-0.4, -0.2) is 9.97 Å². The average Bonchev–Trinajstić information content (AvgIpc) is 3.13. The van der Waals surface area contributed by atoms with Crippen molar-refractivity contribution in [3.63, 3.8) is 0 Å². The number of nitrogens with zero attached hydrogens (tertiary/aromatic N) is 2. The molecule has 0 radical (unpaired) electrons. The summed E-state index contributed by atoms with van der Waals surface area (Å²) in [6, 6.07) is 16.8. The van der Waals surface area contributed by atoms with Crippen LogP contribution in [0.1, 0.15) is 5.56 Å². The van der Waals surface area contributed by atoms with Crippen molar-refractivity contribution >= 4 is 32.5 Å². The maximum absolute atomic E-state index is 11.5. The molecule has 0 saturated heterocycles. The van der Waals surface area contributed by atoms with Crippen molar-refractivity contribution in [1.82, 2.24) is 9.97 Å². The number of aryl methyl sites for hydroxylation is 1. The molecule has 0 bridgehead atoms. The van der Waals surface area contributed by atoms with Crippen LogP contribution in [0.2, 0.25) is 0 Å². The highest BCUT2D eigenvalue weighted by Crippen LogP contribution is 2.39. The van der Waals surface area contributed by atoms with Crippen LogP contribution in [0, 0.1) is 6.92 Å². The van der Waals surface area contributed by atoms with E-state index in [9.17, 15) is 4.79 Å². The summed E-state index contributed by atoms with van der Waals surface area (Å²) in [5, 5.41) is 3.76. The van der Waals surface area contributed by atoms with Crippen molar-refractivity contribution in [2.45, 2.75) is 6.92 Å². The predicted octanol–water partition coefficient (Wildman–Crippen LogP) is 5.57. The van der Waals surface area contributed by atoms with Gasteiger partial charge < -0.3 is 9.15 Å². The second-order valence-electron chi connectivity index (χ2n) is 6.43. The third-order valence-electron chi connectivity index (χ3n) is 4.51. The van der Waals surface area contributed by atoms with Crippen molar-refractivity contribution in [1.29, 1.82) is 0 Å². The van der Waals surface area contributed by atoms with Crippen LogP contribution in [0.3, 0.4) is 0 Å². The quantitative estimate of drug-likeness (QED) is 0.380. The Labute approximate surface area is 163 Å². The second-order valence-corrected chi connectivity index (χ2v) is 7.29. The van der Waals surface area contributed by atoms with Gasteiger partial charge in [0.15, 0.2) is 0 Å². The van der Waals surface area contributed by atoms with E-state index in [1.165, 1.54) is 18.0 Å². The molecule has 0 aliphatic rings. The van der Waals surface area contributed by atoms with Gasteiger partial charge in [0.25, 0.3) is 0 Å². The average molecular weight is 386 g/mol. The fraction of sp³-hybridized carbons (Fsp3) is 0.0455. The standard InChI is InChI=1S/C22H14N2O3S/c1-13-2-4-14(5-3-13)17-11-28-22-20(17)21(23-12-24-22)26-16-8-6-15-7-9-19(25)27-18(15)10-16/h2-12H,1H3. The van der Waals surface area contributed by atoms with Crippen LogP contribution < -0.4 is 10.4 Å². The number of thiophene rings is 1. The molecule has 28 heavy (non-hydrogen) atoms. The highest BCUT2D eigenvalue weighted by molar-refractivity contribution is 7.17. The highest BCUT2D eigenvalue weighted by Gasteiger charge is 2.15. The predicted molar refractivity (Wildman–Crippen MR) is 110 cm³/mol. The monoisotopic (exact) mass is 386 g/mol. The molecule has 3 aromatic heterocycles. The van der Waals surface area contributed by atoms with Gasteiger partial charge >= 0.3 is 5.63 Å². The Bertz CT molecular complexity index is 1370. The molecule has 0 fully saturated rings. The molecular formula is C22H14N2O3S. The Morgan fingerprint density at radius 2 is 1.82 bits per heavy atom. The lowest BCUT2D eigenvalue weighted by molar-refractivity contribution is 0.467. The van der Waals surface area contributed by atoms with E-state index in [1.54, 1.807) is 23.5 Å². The van der Waals surface area contributed by atoms with Gasteiger partial charge in [0.2, 0.25) is 5.88 Å². The molecule has 5 rings (SSSR count). The number of benzene rings is 2. The second kappa shape index (κ2) is 6.58. The zero-order valence-corrected chi connectivity index (χ0v) is 15.7. The third kappa shape index (κ3) is 2.93. The largest absolute Gasteiger partial charge is 0.438 e. The summed E-state index contributed by atoms with van der Waals surface area (Å²) < 4.78 is 11.3. The van der Waals surface area contributed by atoms with Crippen molar-refractivity contribution in [3.8, 4) is 22.8 Å². The number of ether oxygens (including phenoxy) is 1. The lowest BCUT2D eigenvalue weighted by Gasteiger charge is -2.08. The molecule has 0 amide bonds. The highest BCUT2D eigenvalue weighted by atomic mass is 32.1. The molecule has 5 nitrogen and oxygen atoms in total. The minimum Gasteiger partial charge on any atom is -0.438 e. The lowest BCUT2D eigenvalue weighted by Crippen LogP contribution is -1.95. The maximum Gasteiger partial charge on any atom is 0.336 e. The van der Waals surface area contributed by atoms with Crippen molar-refractivity contribution in [3.05, 3.63) is 82.3 Å². The molecule has 0 atom stereocenters. The zero-order valence-electron chi connectivity index (χ0n) is 14.9. The molecule has 3 heterocycles. The molecule has 0 aliphatic carbocycles. The summed E-state index contributed by atoms with van der Waals surface area (Å²) in [5.41, 5.74) is 3.39. The van der Waals surface area contributed by atoms with Crippen LogP contribution >= 0.6 is 11.3 Å². The number of fused-ring (bicyclic) bond motifs is 2. The summed E-state index contributed by atoms with van der Waals surface area (Å²) in [5.74, 6) is 1.02. The van der Waals surface area contributed by atoms with Crippen LogP contribution in [0.25, 0.3) is 32.3 Å². The fourth-order valence-electron chi connectivity index (χ4n) is 3.09. The first-order chi connectivity index (χ1) is 13.7. The van der Waals surface area contributed by atoms with Crippen molar-refractivity contribution in [2.75, 3.05) is 0 Å². The first-order valence-corrected chi connectivity index (χ1v) is 9.56. The molecule has 0 unspecified atom stereocenters. The first kappa shape index (κ1) is 16.6. The Morgan fingerprint density at radius 1 is 1.00 bits per heavy atom. The minimum atomic E-state index is -0.395. The Morgan fingerprint density at radius 3 is 2.68 bits per heavy atom. The fourth-order valence-corrected chi connectivity index (χ4v) is 3.99. The van der Waals surface area contributed by atoms with Crippen LogP contribution in [0.5, 0.6) is 11.6 Å². The van der Waals surface area contributed by atoms with Gasteiger partial charge in [0, 0.05) is 28.5 Å². The van der Waals surface area contributed by atoms with E-state index in [0.29, 0.717) is 17.2 Å². The van der Waals surface area contributed by atoms with E-state index < -0.39 is 5.63 Å². The molecule has 2 aromatic carbocycles.